The van der Waals surface area contributed by atoms with Crippen LogP contribution in [0.4, 0.5) is 11.8 Å². The van der Waals surface area contributed by atoms with E-state index >= 15 is 0 Å². The first-order chi connectivity index (χ1) is 9.61. The van der Waals surface area contributed by atoms with Gasteiger partial charge in [-0.25, -0.2) is 4.98 Å². The fraction of sp³-hybridized carbons (Fsp3) is 0.333. The summed E-state index contributed by atoms with van der Waals surface area (Å²) in [4.78, 5) is 11.0. The smallest absolute Gasteiger partial charge is 0.224 e. The lowest BCUT2D eigenvalue weighted by atomic mass is 10.2. The number of benzene rings is 1. The Bertz CT molecular complexity index is 586. The monoisotopic (exact) mass is 334 g/mol. The molecule has 0 bridgehead atoms. The van der Waals surface area contributed by atoms with Gasteiger partial charge in [0.05, 0.1) is 0 Å². The van der Waals surface area contributed by atoms with E-state index in [4.69, 9.17) is 0 Å². The predicted molar refractivity (Wildman–Crippen MR) is 87.2 cm³/mol. The molecule has 0 saturated carbocycles. The van der Waals surface area contributed by atoms with Crippen LogP contribution in [0.25, 0.3) is 0 Å². The minimum Gasteiger partial charge on any atom is -0.355 e. The maximum absolute atomic E-state index is 4.58. The summed E-state index contributed by atoms with van der Waals surface area (Å²) in [5.41, 5.74) is 2.30. The molecule has 1 N–H and O–H groups in total. The number of rotatable bonds is 5. The van der Waals surface area contributed by atoms with Gasteiger partial charge in [0, 0.05) is 36.4 Å². The van der Waals surface area contributed by atoms with E-state index in [0.717, 1.165) is 28.9 Å². The summed E-state index contributed by atoms with van der Waals surface area (Å²) in [7, 11) is 2.05. The van der Waals surface area contributed by atoms with Gasteiger partial charge in [0.25, 0.3) is 0 Å². The third-order valence-electron chi connectivity index (χ3n) is 3.01. The lowest BCUT2D eigenvalue weighted by molar-refractivity contribution is 0.878. The molecule has 0 unspecified atom stereocenters. The first-order valence-electron chi connectivity index (χ1n) is 6.64. The maximum Gasteiger partial charge on any atom is 0.224 e. The molecule has 1 aromatic heterocycles. The number of aromatic nitrogens is 2. The van der Waals surface area contributed by atoms with Gasteiger partial charge in [0.2, 0.25) is 5.95 Å². The highest BCUT2D eigenvalue weighted by molar-refractivity contribution is 9.10. The van der Waals surface area contributed by atoms with Gasteiger partial charge in [-0.1, -0.05) is 34.1 Å². The van der Waals surface area contributed by atoms with Crippen molar-refractivity contribution < 1.29 is 0 Å². The number of anilines is 2. The van der Waals surface area contributed by atoms with E-state index in [0.29, 0.717) is 5.95 Å². The largest absolute Gasteiger partial charge is 0.355 e. The summed E-state index contributed by atoms with van der Waals surface area (Å²) in [5.74, 6) is 1.62. The van der Waals surface area contributed by atoms with E-state index in [1.807, 2.05) is 39.2 Å². The molecule has 0 atom stereocenters. The van der Waals surface area contributed by atoms with Crippen molar-refractivity contribution in [3.63, 3.8) is 0 Å². The van der Waals surface area contributed by atoms with Crippen LogP contribution in [-0.2, 0) is 6.54 Å². The highest BCUT2D eigenvalue weighted by Crippen LogP contribution is 2.22. The quantitative estimate of drug-likeness (QED) is 0.906. The van der Waals surface area contributed by atoms with Gasteiger partial charge >= 0.3 is 0 Å². The number of aryl methyl sites for hydroxylation is 1. The van der Waals surface area contributed by atoms with Gasteiger partial charge < -0.3 is 10.2 Å². The molecule has 0 aliphatic carbocycles. The molecule has 2 rings (SSSR count). The minimum atomic E-state index is 0.673. The zero-order chi connectivity index (χ0) is 14.5. The van der Waals surface area contributed by atoms with Crippen LogP contribution >= 0.6 is 15.9 Å². The molecule has 0 aliphatic rings. The van der Waals surface area contributed by atoms with Crippen molar-refractivity contribution in [3.05, 3.63) is 46.1 Å². The molecule has 0 aliphatic heterocycles. The average molecular weight is 335 g/mol. The van der Waals surface area contributed by atoms with Crippen LogP contribution in [0.2, 0.25) is 0 Å². The van der Waals surface area contributed by atoms with Crippen molar-refractivity contribution in [1.82, 2.24) is 9.97 Å². The van der Waals surface area contributed by atoms with E-state index in [1.54, 1.807) is 0 Å². The van der Waals surface area contributed by atoms with E-state index in [1.165, 1.54) is 5.56 Å². The molecule has 4 nitrogen and oxygen atoms in total. The summed E-state index contributed by atoms with van der Waals surface area (Å²) >= 11 is 3.58. The van der Waals surface area contributed by atoms with Crippen molar-refractivity contribution in [2.75, 3.05) is 23.8 Å². The Kier molecular flexibility index (Phi) is 4.95. The molecule has 0 spiro atoms. The third-order valence-corrected chi connectivity index (χ3v) is 3.78. The zero-order valence-corrected chi connectivity index (χ0v) is 13.6. The predicted octanol–water partition coefficient (Wildman–Crippen LogP) is 3.62. The molecule has 0 amide bonds. The van der Waals surface area contributed by atoms with Gasteiger partial charge in [-0.3, -0.25) is 0 Å². The molecule has 2 aromatic rings. The van der Waals surface area contributed by atoms with Gasteiger partial charge in [-0.15, -0.1) is 0 Å². The Morgan fingerprint density at radius 1 is 1.30 bits per heavy atom. The molecule has 0 saturated heterocycles. The van der Waals surface area contributed by atoms with Crippen LogP contribution in [0.1, 0.15) is 18.1 Å². The van der Waals surface area contributed by atoms with E-state index in [9.17, 15) is 0 Å². The molecular weight excluding hydrogens is 316 g/mol. The van der Waals surface area contributed by atoms with Crippen molar-refractivity contribution in [2.24, 2.45) is 0 Å². The Hall–Kier alpha value is -1.62. The minimum absolute atomic E-state index is 0.673. The van der Waals surface area contributed by atoms with Crippen molar-refractivity contribution >= 4 is 27.7 Å². The van der Waals surface area contributed by atoms with Crippen molar-refractivity contribution in [2.45, 2.75) is 20.4 Å². The number of halogens is 1. The summed E-state index contributed by atoms with van der Waals surface area (Å²) in [5, 5.41) is 3.15. The topological polar surface area (TPSA) is 41.1 Å². The van der Waals surface area contributed by atoms with Gasteiger partial charge in [0.1, 0.15) is 5.82 Å². The number of hydrogen-bond donors (Lipinski definition) is 1. The number of nitrogens with zero attached hydrogens (tertiary/aromatic N) is 3. The summed E-state index contributed by atoms with van der Waals surface area (Å²) < 4.78 is 1.12. The number of hydrogen-bond acceptors (Lipinski definition) is 4. The molecule has 1 aromatic carbocycles. The van der Waals surface area contributed by atoms with Gasteiger partial charge in [0.15, 0.2) is 0 Å². The highest BCUT2D eigenvalue weighted by atomic mass is 79.9. The molecule has 0 fully saturated rings. The first-order valence-corrected chi connectivity index (χ1v) is 7.43. The summed E-state index contributed by atoms with van der Waals surface area (Å²) in [6, 6.07) is 8.24. The molecule has 106 valence electrons. The van der Waals surface area contributed by atoms with E-state index in [2.05, 4.69) is 48.2 Å². The Morgan fingerprint density at radius 2 is 2.05 bits per heavy atom. The third kappa shape index (κ3) is 3.48. The van der Waals surface area contributed by atoms with Crippen LogP contribution in [0.5, 0.6) is 0 Å². The van der Waals surface area contributed by atoms with Crippen LogP contribution in [-0.4, -0.2) is 23.6 Å². The maximum atomic E-state index is 4.58. The van der Waals surface area contributed by atoms with Crippen LogP contribution in [0, 0.1) is 6.92 Å². The summed E-state index contributed by atoms with van der Waals surface area (Å²) in [6.45, 7) is 5.68. The average Bonchev–Trinajstić information content (AvgIpc) is 2.43. The zero-order valence-electron chi connectivity index (χ0n) is 12.0. The second-order valence-corrected chi connectivity index (χ2v) is 5.53. The second kappa shape index (κ2) is 6.70. The molecule has 1 heterocycles. The molecule has 0 radical (unpaired) electrons. The lowest BCUT2D eigenvalue weighted by Crippen LogP contribution is -2.20. The van der Waals surface area contributed by atoms with Gasteiger partial charge in [-0.05, 0) is 25.5 Å². The molecule has 20 heavy (non-hydrogen) atoms. The highest BCUT2D eigenvalue weighted by Gasteiger charge is 2.10. The summed E-state index contributed by atoms with van der Waals surface area (Å²) in [6.07, 6.45) is 1.86. The first kappa shape index (κ1) is 14.8. The lowest BCUT2D eigenvalue weighted by Gasteiger charge is -2.21. The normalized spacial score (nSPS) is 10.4. The van der Waals surface area contributed by atoms with Crippen molar-refractivity contribution in [3.8, 4) is 0 Å². The second-order valence-electron chi connectivity index (χ2n) is 4.68. The standard InChI is InChI=1S/C15H19BrN4/c1-4-17-15-18-9-11(2)14(19-15)20(3)10-12-7-5-6-8-13(12)16/h5-9H,4,10H2,1-3H3,(H,17,18,19). The molecule has 5 heteroatoms. The van der Waals surface area contributed by atoms with E-state index in [-0.39, 0.29) is 0 Å². The van der Waals surface area contributed by atoms with Crippen molar-refractivity contribution in [1.29, 1.82) is 0 Å². The Morgan fingerprint density at radius 3 is 2.75 bits per heavy atom. The fourth-order valence-electron chi connectivity index (χ4n) is 2.02. The SMILES string of the molecule is CCNc1ncc(C)c(N(C)Cc2ccccc2Br)n1. The Labute approximate surface area is 128 Å². The van der Waals surface area contributed by atoms with Crippen LogP contribution in [0.15, 0.2) is 34.9 Å². The fourth-order valence-corrected chi connectivity index (χ4v) is 2.43. The Balaban J connectivity index is 2.22. The number of nitrogens with one attached hydrogen (secondary N) is 1. The van der Waals surface area contributed by atoms with Crippen LogP contribution < -0.4 is 10.2 Å². The van der Waals surface area contributed by atoms with Crippen LogP contribution in [0.3, 0.4) is 0 Å². The van der Waals surface area contributed by atoms with E-state index < -0.39 is 0 Å². The molecular formula is C15H19BrN4. The van der Waals surface area contributed by atoms with Gasteiger partial charge in [-0.2, -0.15) is 4.98 Å².